The van der Waals surface area contributed by atoms with Gasteiger partial charge in [-0.25, -0.2) is 0 Å². The lowest BCUT2D eigenvalue weighted by Crippen LogP contribution is -2.37. The van der Waals surface area contributed by atoms with Crippen LogP contribution in [0.3, 0.4) is 0 Å². The number of anilines is 3. The van der Waals surface area contributed by atoms with Gasteiger partial charge >= 0.3 is 0 Å². The van der Waals surface area contributed by atoms with E-state index in [2.05, 4.69) is 40.3 Å². The number of nitrogens with zero attached hydrogens (tertiary/aromatic N) is 4. The number of benzene rings is 1. The highest BCUT2D eigenvalue weighted by Gasteiger charge is 2.23. The Hall–Kier alpha value is -2.84. The minimum absolute atomic E-state index is 0.458. The first-order valence-electron chi connectivity index (χ1n) is 13.2. The molecule has 1 aromatic carbocycles. The van der Waals surface area contributed by atoms with Gasteiger partial charge in [0.1, 0.15) is 23.2 Å². The highest BCUT2D eigenvalue weighted by molar-refractivity contribution is 7.80. The third-order valence-corrected chi connectivity index (χ3v) is 7.73. The largest absolute Gasteiger partial charge is 0.459 e. The number of rotatable bonds is 6. The minimum Gasteiger partial charge on any atom is -0.459 e. The number of nitrogens with one attached hydrogen (secondary N) is 2. The van der Waals surface area contributed by atoms with Crippen molar-refractivity contribution in [2.45, 2.75) is 46.1 Å². The van der Waals surface area contributed by atoms with Gasteiger partial charge in [0.2, 0.25) is 5.95 Å². The molecule has 9 heteroatoms. The molecule has 2 aliphatic heterocycles. The lowest BCUT2D eigenvalue weighted by atomic mass is 9.99. The Labute approximate surface area is 229 Å². The summed E-state index contributed by atoms with van der Waals surface area (Å²) in [6.07, 6.45) is 4.82. The molecular formula is C28H35ClN6OS. The Morgan fingerprint density at radius 2 is 1.70 bits per heavy atom. The van der Waals surface area contributed by atoms with E-state index in [4.69, 9.17) is 38.2 Å². The van der Waals surface area contributed by atoms with Crippen molar-refractivity contribution in [3.05, 3.63) is 53.2 Å². The fourth-order valence-electron chi connectivity index (χ4n) is 4.99. The molecule has 4 heterocycles. The van der Waals surface area contributed by atoms with Gasteiger partial charge in [-0.2, -0.15) is 9.97 Å². The maximum Gasteiger partial charge on any atom is 0.232 e. The predicted molar refractivity (Wildman–Crippen MR) is 155 cm³/mol. The zero-order valence-electron chi connectivity index (χ0n) is 21.5. The Bertz CT molecular complexity index is 1210. The zero-order valence-corrected chi connectivity index (χ0v) is 23.1. The van der Waals surface area contributed by atoms with Crippen LogP contribution in [0, 0.1) is 11.8 Å². The summed E-state index contributed by atoms with van der Waals surface area (Å²) < 4.78 is 5.99. The van der Waals surface area contributed by atoms with Gasteiger partial charge in [-0.1, -0.05) is 25.4 Å². The fraction of sp³-hybridized carbons (Fsp3) is 0.464. The van der Waals surface area contributed by atoms with Crippen LogP contribution >= 0.6 is 23.8 Å². The van der Waals surface area contributed by atoms with E-state index in [0.29, 0.717) is 28.5 Å². The van der Waals surface area contributed by atoms with Gasteiger partial charge in [-0.3, -0.25) is 0 Å². The van der Waals surface area contributed by atoms with Gasteiger partial charge in [-0.05, 0) is 86.1 Å². The van der Waals surface area contributed by atoms with Gasteiger partial charge in [0.05, 0.1) is 6.54 Å². The Balaban J connectivity index is 1.26. The molecule has 2 fully saturated rings. The second-order valence-corrected chi connectivity index (χ2v) is 11.2. The molecule has 0 saturated carbocycles. The summed E-state index contributed by atoms with van der Waals surface area (Å²) in [5.41, 5.74) is 0.980. The maximum absolute atomic E-state index is 6.00. The predicted octanol–water partition coefficient (Wildman–Crippen LogP) is 6.35. The van der Waals surface area contributed by atoms with E-state index in [1.807, 2.05) is 36.4 Å². The number of hydrogen-bond donors (Lipinski definition) is 2. The van der Waals surface area contributed by atoms with Gasteiger partial charge in [0.15, 0.2) is 5.11 Å². The SMILES string of the molecule is CC1CCN(c2cc(N3CCCC(C)C3)nc(NC(=S)NCc3ccc(-c4ccc(Cl)cc4)o3)n2)CC1. The lowest BCUT2D eigenvalue weighted by Gasteiger charge is -2.34. The van der Waals surface area contributed by atoms with Crippen molar-refractivity contribution in [3.8, 4) is 11.3 Å². The monoisotopic (exact) mass is 538 g/mol. The molecule has 0 bridgehead atoms. The molecule has 7 nitrogen and oxygen atoms in total. The van der Waals surface area contributed by atoms with Crippen LogP contribution in [0.2, 0.25) is 5.02 Å². The molecule has 2 saturated heterocycles. The topological polar surface area (TPSA) is 69.5 Å². The molecule has 1 atom stereocenters. The van der Waals surface area contributed by atoms with Crippen molar-refractivity contribution >= 4 is 46.5 Å². The molecule has 5 rings (SSSR count). The summed E-state index contributed by atoms with van der Waals surface area (Å²) in [5, 5.41) is 7.62. The van der Waals surface area contributed by atoms with Crippen LogP contribution in [0.25, 0.3) is 11.3 Å². The Morgan fingerprint density at radius 1 is 0.973 bits per heavy atom. The number of furan rings is 1. The smallest absolute Gasteiger partial charge is 0.232 e. The van der Waals surface area contributed by atoms with E-state index in [-0.39, 0.29) is 0 Å². The molecular weight excluding hydrogens is 504 g/mol. The summed E-state index contributed by atoms with van der Waals surface area (Å²) in [4.78, 5) is 14.5. The van der Waals surface area contributed by atoms with Gasteiger partial charge in [0, 0.05) is 42.8 Å². The van der Waals surface area contributed by atoms with Crippen molar-refractivity contribution < 1.29 is 4.42 Å². The number of halogens is 1. The summed E-state index contributed by atoms with van der Waals surface area (Å²) in [7, 11) is 0. The van der Waals surface area contributed by atoms with Gasteiger partial charge < -0.3 is 24.9 Å². The van der Waals surface area contributed by atoms with E-state index in [0.717, 1.165) is 60.8 Å². The normalized spacial score (nSPS) is 18.6. The highest BCUT2D eigenvalue weighted by Crippen LogP contribution is 2.28. The molecule has 37 heavy (non-hydrogen) atoms. The van der Waals surface area contributed by atoms with Crippen LogP contribution in [0.15, 0.2) is 46.9 Å². The van der Waals surface area contributed by atoms with Crippen molar-refractivity contribution in [1.82, 2.24) is 15.3 Å². The average Bonchev–Trinajstić information content (AvgIpc) is 3.37. The molecule has 2 N–H and O–H groups in total. The minimum atomic E-state index is 0.458. The van der Waals surface area contributed by atoms with Gasteiger partial charge in [0.25, 0.3) is 0 Å². The summed E-state index contributed by atoms with van der Waals surface area (Å²) in [6, 6.07) is 13.6. The highest BCUT2D eigenvalue weighted by atomic mass is 35.5. The van der Waals surface area contributed by atoms with E-state index < -0.39 is 0 Å². The first-order chi connectivity index (χ1) is 17.9. The van der Waals surface area contributed by atoms with E-state index >= 15 is 0 Å². The number of aromatic nitrogens is 2. The van der Waals surface area contributed by atoms with Crippen molar-refractivity contribution in [1.29, 1.82) is 0 Å². The molecule has 3 aromatic rings. The zero-order chi connectivity index (χ0) is 25.8. The molecule has 2 aromatic heterocycles. The number of thiocarbonyl (C=S) groups is 1. The Morgan fingerprint density at radius 3 is 2.43 bits per heavy atom. The van der Waals surface area contributed by atoms with Gasteiger partial charge in [-0.15, -0.1) is 0 Å². The van der Waals surface area contributed by atoms with Crippen LogP contribution in [0.4, 0.5) is 17.6 Å². The number of hydrogen-bond acceptors (Lipinski definition) is 6. The van der Waals surface area contributed by atoms with Crippen molar-refractivity contribution in [3.63, 3.8) is 0 Å². The first kappa shape index (κ1) is 25.8. The molecule has 0 radical (unpaired) electrons. The fourth-order valence-corrected chi connectivity index (χ4v) is 5.28. The first-order valence-corrected chi connectivity index (χ1v) is 14.0. The van der Waals surface area contributed by atoms with Crippen LogP contribution in [0.5, 0.6) is 0 Å². The molecule has 2 aliphatic rings. The molecule has 0 spiro atoms. The summed E-state index contributed by atoms with van der Waals surface area (Å²) in [5.74, 6) is 5.47. The van der Waals surface area contributed by atoms with E-state index in [1.54, 1.807) is 0 Å². The standard InChI is InChI=1S/C28H35ClN6OS/c1-19-11-14-34(15-12-19)25-16-26(35-13-3-4-20(2)18-35)32-27(31-25)33-28(37)30-17-23-9-10-24(36-23)21-5-7-22(29)8-6-21/h5-10,16,19-20H,3-4,11-15,17-18H2,1-2H3,(H2,30,31,32,33,37). The average molecular weight is 539 g/mol. The van der Waals surface area contributed by atoms with Crippen LogP contribution in [0.1, 0.15) is 45.3 Å². The third kappa shape index (κ3) is 6.73. The molecule has 0 amide bonds. The van der Waals surface area contributed by atoms with Crippen LogP contribution < -0.4 is 20.4 Å². The summed E-state index contributed by atoms with van der Waals surface area (Å²) in [6.45, 7) is 9.17. The third-order valence-electron chi connectivity index (χ3n) is 7.23. The maximum atomic E-state index is 6.00. The lowest BCUT2D eigenvalue weighted by molar-refractivity contribution is 0.435. The van der Waals surface area contributed by atoms with Crippen LogP contribution in [-0.2, 0) is 6.54 Å². The van der Waals surface area contributed by atoms with Crippen molar-refractivity contribution in [2.75, 3.05) is 41.3 Å². The van der Waals surface area contributed by atoms with Crippen LogP contribution in [-0.4, -0.2) is 41.3 Å². The van der Waals surface area contributed by atoms with E-state index in [9.17, 15) is 0 Å². The second kappa shape index (κ2) is 11.7. The molecule has 0 aliphatic carbocycles. The summed E-state index contributed by atoms with van der Waals surface area (Å²) >= 11 is 11.6. The second-order valence-electron chi connectivity index (χ2n) is 10.4. The quantitative estimate of drug-likeness (QED) is 0.352. The van der Waals surface area contributed by atoms with E-state index in [1.165, 1.54) is 25.7 Å². The Kier molecular flexibility index (Phi) is 8.15. The molecule has 196 valence electrons. The van der Waals surface area contributed by atoms with Crippen molar-refractivity contribution in [2.24, 2.45) is 11.8 Å². The number of piperidine rings is 2. The molecule has 1 unspecified atom stereocenters.